The number of likely N-dealkylation sites (N-methyl/N-ethyl adjacent to an activating group) is 1. The van der Waals surface area contributed by atoms with Crippen LogP contribution in [0.4, 0.5) is 4.39 Å². The van der Waals surface area contributed by atoms with Gasteiger partial charge in [-0.3, -0.25) is 9.59 Å². The number of hydrogen-bond donors (Lipinski definition) is 2. The zero-order valence-electron chi connectivity index (χ0n) is 32.9. The largest absolute Gasteiger partial charge is 0.454 e. The number of esters is 1. The van der Waals surface area contributed by atoms with E-state index in [0.29, 0.717) is 37.7 Å². The summed E-state index contributed by atoms with van der Waals surface area (Å²) in [5, 5.41) is 22.8. The van der Waals surface area contributed by atoms with Crippen LogP contribution >= 0.6 is 11.6 Å². The number of Topliss-reactive ketones (excluding diaryl/α,β-unsaturated/α-hetero) is 1. The van der Waals surface area contributed by atoms with Crippen molar-refractivity contribution in [3.05, 3.63) is 47.5 Å². The first-order chi connectivity index (χ1) is 25.3. The molecule has 0 radical (unpaired) electrons. The lowest BCUT2D eigenvalue weighted by Gasteiger charge is -2.63. The summed E-state index contributed by atoms with van der Waals surface area (Å²) in [5.41, 5.74) is -4.83. The number of nitrogens with zero attached hydrogens (tertiary/aromatic N) is 1. The summed E-state index contributed by atoms with van der Waals surface area (Å²) in [7, 11) is 4.29. The van der Waals surface area contributed by atoms with E-state index in [1.807, 2.05) is 44.2 Å². The normalized spacial score (nSPS) is 41.6. The predicted octanol–water partition coefficient (Wildman–Crippen LogP) is 6.35. The number of ether oxygens (including phenoxy) is 3. The lowest BCUT2D eigenvalue weighted by Crippen LogP contribution is -2.70. The first-order valence-electron chi connectivity index (χ1n) is 20.2. The molecule has 0 spiro atoms. The van der Waals surface area contributed by atoms with Gasteiger partial charge in [-0.2, -0.15) is 0 Å². The Morgan fingerprint density at radius 3 is 2.35 bits per heavy atom. The van der Waals surface area contributed by atoms with Crippen LogP contribution in [-0.4, -0.2) is 101 Å². The number of quaternary nitrogens is 1. The summed E-state index contributed by atoms with van der Waals surface area (Å²) >= 11 is 6.05. The van der Waals surface area contributed by atoms with Crippen LogP contribution in [0.25, 0.3) is 0 Å². The number of halogens is 2. The van der Waals surface area contributed by atoms with Crippen LogP contribution < -0.4 is 0 Å². The second kappa shape index (κ2) is 13.7. The number of hydrogen-bond acceptors (Lipinski definition) is 8. The molecule has 54 heavy (non-hydrogen) atoms. The van der Waals surface area contributed by atoms with Crippen molar-refractivity contribution in [2.45, 2.75) is 139 Å². The maximum absolute atomic E-state index is 17.2. The van der Waals surface area contributed by atoms with Crippen molar-refractivity contribution in [2.24, 2.45) is 28.6 Å². The van der Waals surface area contributed by atoms with E-state index in [2.05, 4.69) is 14.1 Å². The lowest BCUT2D eigenvalue weighted by atomic mass is 9.44. The molecule has 5 aliphatic carbocycles. The molecule has 0 amide bonds. The van der Waals surface area contributed by atoms with E-state index in [1.165, 1.54) is 0 Å². The highest BCUT2D eigenvalue weighted by Gasteiger charge is 2.80. The van der Waals surface area contributed by atoms with E-state index in [4.69, 9.17) is 25.8 Å². The highest BCUT2D eigenvalue weighted by atomic mass is 35.5. The molecule has 9 nitrogen and oxygen atoms in total. The lowest BCUT2D eigenvalue weighted by molar-refractivity contribution is -0.879. The van der Waals surface area contributed by atoms with Gasteiger partial charge in [0.1, 0.15) is 12.2 Å². The zero-order valence-corrected chi connectivity index (χ0v) is 33.6. The number of aliphatic hydroxyl groups excluding tert-OH is 1. The number of carbonyl (C=O) groups excluding carboxylic acids is 3. The molecule has 10 atom stereocenters. The van der Waals surface area contributed by atoms with Crippen molar-refractivity contribution in [3.63, 3.8) is 0 Å². The maximum Gasteiger partial charge on any atom is 0.343 e. The molecule has 2 heterocycles. The molecular weight excluding hydrogens is 713 g/mol. The number of alkyl halides is 2. The van der Waals surface area contributed by atoms with Gasteiger partial charge in [-0.1, -0.05) is 62.6 Å². The molecule has 0 aromatic heterocycles. The van der Waals surface area contributed by atoms with Crippen molar-refractivity contribution < 1.29 is 47.7 Å². The van der Waals surface area contributed by atoms with Crippen molar-refractivity contribution in [2.75, 3.05) is 33.1 Å². The number of aliphatic hydroxyl groups is 2. The summed E-state index contributed by atoms with van der Waals surface area (Å²) in [6.07, 6.45) is 6.96. The fourth-order valence-electron chi connectivity index (χ4n) is 12.4. The fourth-order valence-corrected chi connectivity index (χ4v) is 12.6. The smallest absolute Gasteiger partial charge is 0.343 e. The molecule has 1 aromatic carbocycles. The highest BCUT2D eigenvalue weighted by Crippen LogP contribution is 2.72. The van der Waals surface area contributed by atoms with Crippen LogP contribution in [0.3, 0.4) is 0 Å². The number of benzene rings is 1. The van der Waals surface area contributed by atoms with E-state index in [9.17, 15) is 24.6 Å². The van der Waals surface area contributed by atoms with Gasteiger partial charge >= 0.3 is 5.97 Å². The van der Waals surface area contributed by atoms with Crippen LogP contribution in [0.5, 0.6) is 0 Å². The number of likely N-dealkylation sites (tertiary alicyclic amines) is 1. The zero-order chi connectivity index (χ0) is 39.1. The minimum Gasteiger partial charge on any atom is -0.454 e. The van der Waals surface area contributed by atoms with Gasteiger partial charge in [0.05, 0.1) is 38.7 Å². The van der Waals surface area contributed by atoms with E-state index < -0.39 is 57.6 Å². The topological polar surface area (TPSA) is 119 Å². The van der Waals surface area contributed by atoms with Crippen LogP contribution in [0.15, 0.2) is 42.0 Å². The molecule has 2 aliphatic heterocycles. The number of allylic oxidation sites excluding steroid dienone is 1. The molecule has 1 aromatic rings. The Labute approximate surface area is 324 Å². The van der Waals surface area contributed by atoms with Crippen molar-refractivity contribution >= 4 is 29.1 Å². The van der Waals surface area contributed by atoms with Gasteiger partial charge < -0.3 is 28.9 Å². The number of ketones is 2. The van der Waals surface area contributed by atoms with Gasteiger partial charge in [-0.25, -0.2) is 9.18 Å². The van der Waals surface area contributed by atoms with Gasteiger partial charge in [-0.15, -0.1) is 11.6 Å². The quantitative estimate of drug-likeness (QED) is 0.195. The molecule has 298 valence electrons. The molecule has 2 saturated heterocycles. The second-order valence-electron chi connectivity index (χ2n) is 19.0. The second-order valence-corrected chi connectivity index (χ2v) is 19.3. The fraction of sp³-hybridized carbons (Fsp3) is 0.744. The molecule has 0 unspecified atom stereocenters. The number of carbonyl (C=O) groups is 3. The first-order valence-corrected chi connectivity index (χ1v) is 20.7. The van der Waals surface area contributed by atoms with E-state index in [-0.39, 0.29) is 41.8 Å². The van der Waals surface area contributed by atoms with Gasteiger partial charge in [0.2, 0.25) is 0 Å². The third-order valence-corrected chi connectivity index (χ3v) is 15.3. The monoisotopic (exact) mass is 772 g/mol. The SMILES string of the molecule is CC1(C)O[C@@H]2C[C@H]3[C@@H]4CCC5=CC(=O)CC[C@]5(C)[C@@]4(F)[C@@H](O)C[C@]3(C)[C@]2(C(=O)CCl)O1.C[N+]1(C)CC[C@@H](OC(=O)[C@](O)(c2ccccc2)C2CCCC2)C1. The van der Waals surface area contributed by atoms with Crippen molar-refractivity contribution in [1.82, 2.24) is 0 Å². The van der Waals surface area contributed by atoms with E-state index in [1.54, 1.807) is 19.9 Å². The summed E-state index contributed by atoms with van der Waals surface area (Å²) in [4.78, 5) is 38.3. The van der Waals surface area contributed by atoms with Crippen molar-refractivity contribution in [1.29, 1.82) is 0 Å². The Kier molecular flexibility index (Phi) is 10.2. The molecule has 6 fully saturated rings. The summed E-state index contributed by atoms with van der Waals surface area (Å²) in [5.74, 6) is -2.51. The third kappa shape index (κ3) is 5.98. The summed E-state index contributed by atoms with van der Waals surface area (Å²) < 4.78 is 36.4. The van der Waals surface area contributed by atoms with Gasteiger partial charge in [-0.05, 0) is 76.4 Å². The summed E-state index contributed by atoms with van der Waals surface area (Å²) in [6, 6.07) is 9.33. The molecule has 8 rings (SSSR count). The first kappa shape index (κ1) is 40.0. The number of rotatable bonds is 6. The molecule has 7 aliphatic rings. The van der Waals surface area contributed by atoms with Gasteiger partial charge in [0.15, 0.2) is 34.7 Å². The molecule has 11 heteroatoms. The van der Waals surface area contributed by atoms with Crippen LogP contribution in [0, 0.1) is 28.6 Å². The van der Waals surface area contributed by atoms with Crippen LogP contribution in [0.1, 0.15) is 104 Å². The Bertz CT molecular complexity index is 1680. The Morgan fingerprint density at radius 1 is 1.04 bits per heavy atom. The number of fused-ring (bicyclic) bond motifs is 7. The average Bonchev–Trinajstić information content (AvgIpc) is 3.89. The predicted molar refractivity (Wildman–Crippen MR) is 201 cm³/mol. The van der Waals surface area contributed by atoms with E-state index in [0.717, 1.165) is 55.2 Å². The Hall–Kier alpha value is -2.21. The van der Waals surface area contributed by atoms with Gasteiger partial charge in [0.25, 0.3) is 0 Å². The van der Waals surface area contributed by atoms with Crippen molar-refractivity contribution in [3.8, 4) is 0 Å². The standard InChI is InChI=1S/C24H32ClFO5.C19H28NO3/c1-20(2)30-19-10-16-15-6-5-13-9-14(27)7-8-21(13,3)23(15,26)17(28)11-22(16,4)24(19,31-20)18(29)12-25;1-20(2)13-12-17(14-20)23-18(21)19(22,16-10-6-7-11-16)15-8-4-3-5-9-15/h9,15-17,19,28H,5-8,10-12H2,1-4H3;3-5,8-9,16-17,22H,6-7,10-14H2,1-2H3/q;+1/t15-,16-,17-,19+,21-,22-,23-,24+;17-,19+/m01/s1. The van der Waals surface area contributed by atoms with E-state index >= 15 is 4.39 Å². The Morgan fingerprint density at radius 2 is 1.72 bits per heavy atom. The minimum absolute atomic E-state index is 0.0377. The minimum atomic E-state index is -1.86. The molecular formula is C43H60ClFNO8+. The molecule has 2 N–H and O–H groups in total. The third-order valence-electron chi connectivity index (χ3n) is 15.1. The molecule has 0 bridgehead atoms. The summed E-state index contributed by atoms with van der Waals surface area (Å²) in [6.45, 7) is 9.21. The van der Waals surface area contributed by atoms with Crippen LogP contribution in [0.2, 0.25) is 0 Å². The highest BCUT2D eigenvalue weighted by molar-refractivity contribution is 6.29. The Balaban J connectivity index is 0.000000175. The average molecular weight is 773 g/mol. The maximum atomic E-state index is 17.2. The molecule has 4 saturated carbocycles. The van der Waals surface area contributed by atoms with Gasteiger partial charge in [0, 0.05) is 35.5 Å². The van der Waals surface area contributed by atoms with Crippen LogP contribution in [-0.2, 0) is 34.2 Å².